The Balaban J connectivity index is 1.18. The first-order valence-corrected chi connectivity index (χ1v) is 20.5. The van der Waals surface area contributed by atoms with Crippen LogP contribution in [0.25, 0.3) is 28.4 Å². The lowest BCUT2D eigenvalue weighted by Crippen LogP contribution is -2.67. The van der Waals surface area contributed by atoms with Gasteiger partial charge in [-0.15, -0.1) is 0 Å². The molecule has 3 aliphatic heterocycles. The second kappa shape index (κ2) is 20.8. The van der Waals surface area contributed by atoms with Crippen LogP contribution < -0.4 is 14.9 Å². The quantitative estimate of drug-likeness (QED) is 0.0342. The number of rotatable bonds is 14. The molecule has 1 aromatic heterocycles. The zero-order chi connectivity index (χ0) is 49.3. The van der Waals surface area contributed by atoms with Crippen molar-refractivity contribution in [2.75, 3.05) is 26.9 Å². The Morgan fingerprint density at radius 2 is 1.25 bits per heavy atom. The Labute approximate surface area is 382 Å². The molecule has 0 bridgehead atoms. The van der Waals surface area contributed by atoms with Crippen LogP contribution in [0, 0.1) is 0 Å². The Bertz CT molecular complexity index is 2510. The summed E-state index contributed by atoms with van der Waals surface area (Å²) in [6.45, 7) is -2.74. The van der Waals surface area contributed by atoms with E-state index in [9.17, 15) is 81.1 Å². The van der Waals surface area contributed by atoms with Crippen LogP contribution >= 0.6 is 0 Å². The number of fused-ring (bicyclic) bond motifs is 1. The second-order valence-electron chi connectivity index (χ2n) is 15.8. The Morgan fingerprint density at radius 3 is 1.90 bits per heavy atom. The zero-order valence-corrected chi connectivity index (χ0v) is 35.3. The minimum absolute atomic E-state index is 0.117. The van der Waals surface area contributed by atoms with Gasteiger partial charge >= 0.3 is 5.97 Å². The summed E-state index contributed by atoms with van der Waals surface area (Å²) < 4.78 is 51.0. The molecule has 4 aromatic rings. The molecule has 0 amide bonds. The summed E-state index contributed by atoms with van der Waals surface area (Å²) in [6, 6.07) is 9.09. The number of aliphatic hydroxyl groups excluding tert-OH is 9. The summed E-state index contributed by atoms with van der Waals surface area (Å²) in [5.41, 5.74) is -1.31. The summed E-state index contributed by atoms with van der Waals surface area (Å²) in [7, 11) is 1.32. The number of carbonyl (C=O) groups excluding carboxylic acids is 1. The highest BCUT2D eigenvalue weighted by molar-refractivity contribution is 5.88. The van der Waals surface area contributed by atoms with Gasteiger partial charge in [-0.1, -0.05) is 6.07 Å². The maximum Gasteiger partial charge on any atom is 0.330 e. The van der Waals surface area contributed by atoms with Gasteiger partial charge in [-0.2, -0.15) is 0 Å². The van der Waals surface area contributed by atoms with Crippen LogP contribution in [0.5, 0.6) is 40.2 Å². The van der Waals surface area contributed by atoms with E-state index in [4.69, 9.17) is 42.3 Å². The van der Waals surface area contributed by atoms with Crippen molar-refractivity contribution in [3.8, 4) is 51.6 Å². The van der Waals surface area contributed by atoms with Crippen LogP contribution in [-0.2, 0) is 33.2 Å². The van der Waals surface area contributed by atoms with E-state index in [2.05, 4.69) is 0 Å². The van der Waals surface area contributed by atoms with Gasteiger partial charge in [-0.05, 0) is 42.0 Å². The van der Waals surface area contributed by atoms with Gasteiger partial charge < -0.3 is 114 Å². The van der Waals surface area contributed by atoms with E-state index in [1.165, 1.54) is 37.5 Å². The number of carbonyl (C=O) groups is 1. The van der Waals surface area contributed by atoms with E-state index in [0.717, 1.165) is 30.3 Å². The molecule has 7 rings (SSSR count). The van der Waals surface area contributed by atoms with Crippen molar-refractivity contribution >= 4 is 23.0 Å². The number of phenols is 5. The highest BCUT2D eigenvalue weighted by atomic mass is 16.8. The molecule has 3 fully saturated rings. The normalized spacial score (nSPS) is 32.0. The zero-order valence-electron chi connectivity index (χ0n) is 35.3. The van der Waals surface area contributed by atoms with Gasteiger partial charge in [-0.3, -0.25) is 4.79 Å². The lowest BCUT2D eigenvalue weighted by molar-refractivity contribution is -0.389. The molecular formula is C43H48O25. The summed E-state index contributed by atoms with van der Waals surface area (Å²) >= 11 is 0. The van der Waals surface area contributed by atoms with Crippen molar-refractivity contribution in [2.24, 2.45) is 0 Å². The average molecular weight is 965 g/mol. The number of ether oxygens (including phenoxy) is 8. The molecule has 0 saturated carbocycles. The van der Waals surface area contributed by atoms with Crippen molar-refractivity contribution in [2.45, 2.75) is 92.1 Å². The predicted molar refractivity (Wildman–Crippen MR) is 222 cm³/mol. The van der Waals surface area contributed by atoms with Gasteiger partial charge in [0, 0.05) is 23.8 Å². The summed E-state index contributed by atoms with van der Waals surface area (Å²) in [5, 5.41) is 148. The molecule has 3 aliphatic rings. The number of aromatic hydroxyl groups is 5. The van der Waals surface area contributed by atoms with Gasteiger partial charge in [0.2, 0.25) is 17.5 Å². The third-order valence-electron chi connectivity index (χ3n) is 11.3. The van der Waals surface area contributed by atoms with Crippen LogP contribution in [0.3, 0.4) is 0 Å². The fourth-order valence-corrected chi connectivity index (χ4v) is 7.60. The van der Waals surface area contributed by atoms with Gasteiger partial charge in [-0.25, -0.2) is 4.79 Å². The minimum atomic E-state index is -2.18. The number of methoxy groups -OCH3 is 1. The van der Waals surface area contributed by atoms with E-state index in [0.29, 0.717) is 5.56 Å². The Morgan fingerprint density at radius 1 is 0.647 bits per heavy atom. The van der Waals surface area contributed by atoms with Crippen LogP contribution in [0.4, 0.5) is 0 Å². The number of esters is 1. The summed E-state index contributed by atoms with van der Waals surface area (Å²) in [5.74, 6) is -5.04. The van der Waals surface area contributed by atoms with Crippen LogP contribution in [0.2, 0.25) is 0 Å². The maximum atomic E-state index is 14.2. The predicted octanol–water partition coefficient (Wildman–Crippen LogP) is -2.91. The lowest BCUT2D eigenvalue weighted by Gasteiger charge is -2.48. The molecular weight excluding hydrogens is 916 g/mol. The SMILES string of the molecule is COc1cc(C=CC(=O)OCC2OC(OC3C(OC4C(Oc5c(-c6ccc(O)c(O)c6)oc6cc(O)cc(O)c6c5=O)OC(CO)C(O)C4O)OC(CO)C(O)C3O)C(O)C(O)C2O)ccc1O. The molecule has 15 unspecified atom stereocenters. The van der Waals surface area contributed by atoms with Crippen molar-refractivity contribution in [3.05, 3.63) is 70.4 Å². The molecule has 0 radical (unpaired) electrons. The maximum absolute atomic E-state index is 14.2. The third-order valence-corrected chi connectivity index (χ3v) is 11.3. The first-order chi connectivity index (χ1) is 32.3. The molecule has 15 atom stereocenters. The first kappa shape index (κ1) is 50.0. The molecule has 25 nitrogen and oxygen atoms in total. The Kier molecular flexibility index (Phi) is 15.3. The van der Waals surface area contributed by atoms with Crippen LogP contribution in [-0.4, -0.2) is 197 Å². The molecule has 0 spiro atoms. The van der Waals surface area contributed by atoms with Crippen LogP contribution in [0.1, 0.15) is 5.56 Å². The van der Waals surface area contributed by atoms with E-state index in [1.54, 1.807) is 0 Å². The number of benzene rings is 3. The van der Waals surface area contributed by atoms with E-state index < -0.39 is 169 Å². The van der Waals surface area contributed by atoms with Crippen molar-refractivity contribution < 1.29 is 119 Å². The highest BCUT2D eigenvalue weighted by Gasteiger charge is 2.55. The monoisotopic (exact) mass is 964 g/mol. The standard InChI is InChI=1S/C43H48O25/c1-60-22-8-15(2-5-19(22)48)3-7-27(51)61-14-26-31(54)33(56)36(59)41(65-26)67-39-34(57)29(52)25(13-45)64-43(39)68-40-35(58)30(53)24(12-44)63-42(40)66-38-32(55)28-21(50)10-17(46)11-23(28)62-37(38)16-4-6-18(47)20(49)9-16/h2-11,24-26,29-31,33-36,39-50,52-54,56-59H,12-14H2,1H3. The number of hydrogen-bond acceptors (Lipinski definition) is 25. The third kappa shape index (κ3) is 10.1. The molecule has 3 saturated heterocycles. The molecule has 0 aliphatic carbocycles. The van der Waals surface area contributed by atoms with Crippen molar-refractivity contribution in [1.82, 2.24) is 0 Å². The van der Waals surface area contributed by atoms with Gasteiger partial charge in [0.05, 0.1) is 20.3 Å². The molecule has 14 N–H and O–H groups in total. The summed E-state index contributed by atoms with van der Waals surface area (Å²) in [6.07, 6.45) is -27.7. The molecule has 25 heteroatoms. The Hall–Kier alpha value is -5.88. The molecule has 4 heterocycles. The summed E-state index contributed by atoms with van der Waals surface area (Å²) in [4.78, 5) is 26.8. The number of phenolic OH excluding ortho intramolecular Hbond substituents is 5. The fraction of sp³-hybridized carbons (Fsp3) is 0.442. The minimum Gasteiger partial charge on any atom is -0.508 e. The van der Waals surface area contributed by atoms with Crippen molar-refractivity contribution in [1.29, 1.82) is 0 Å². The van der Waals surface area contributed by atoms with E-state index in [-0.39, 0.29) is 17.1 Å². The molecule has 370 valence electrons. The molecule has 3 aromatic carbocycles. The van der Waals surface area contributed by atoms with Crippen molar-refractivity contribution in [3.63, 3.8) is 0 Å². The highest BCUT2D eigenvalue weighted by Crippen LogP contribution is 2.41. The number of aliphatic hydroxyl groups is 9. The van der Waals surface area contributed by atoms with E-state index >= 15 is 0 Å². The largest absolute Gasteiger partial charge is 0.508 e. The second-order valence-corrected chi connectivity index (χ2v) is 15.8. The first-order valence-electron chi connectivity index (χ1n) is 20.5. The topological polar surface area (TPSA) is 404 Å². The smallest absolute Gasteiger partial charge is 0.330 e. The van der Waals surface area contributed by atoms with E-state index in [1.807, 2.05) is 0 Å². The van der Waals surface area contributed by atoms with Crippen LogP contribution in [0.15, 0.2) is 63.8 Å². The lowest BCUT2D eigenvalue weighted by atomic mass is 9.96. The number of hydrogen-bond donors (Lipinski definition) is 14. The van der Waals surface area contributed by atoms with Gasteiger partial charge in [0.1, 0.15) is 96.2 Å². The molecule has 68 heavy (non-hydrogen) atoms. The fourth-order valence-electron chi connectivity index (χ4n) is 7.60. The van der Waals surface area contributed by atoms with Gasteiger partial charge in [0.25, 0.3) is 0 Å². The average Bonchev–Trinajstić information content (AvgIpc) is 3.31. The van der Waals surface area contributed by atoms with Gasteiger partial charge in [0.15, 0.2) is 47.4 Å².